The highest BCUT2D eigenvalue weighted by Gasteiger charge is 2.07. The van der Waals surface area contributed by atoms with Crippen molar-refractivity contribution in [3.05, 3.63) is 64.4 Å². The van der Waals surface area contributed by atoms with Crippen LogP contribution in [0.2, 0.25) is 0 Å². The highest BCUT2D eigenvalue weighted by molar-refractivity contribution is 14.0. The number of rotatable bonds is 8. The van der Waals surface area contributed by atoms with Gasteiger partial charge in [0.2, 0.25) is 5.91 Å². The van der Waals surface area contributed by atoms with Crippen LogP contribution in [-0.4, -0.2) is 33.7 Å². The van der Waals surface area contributed by atoms with Crippen molar-refractivity contribution in [2.75, 3.05) is 12.4 Å². The second-order valence-corrected chi connectivity index (χ2v) is 7.99. The maximum Gasteiger partial charge on any atom is 0.246 e. The predicted octanol–water partition coefficient (Wildman–Crippen LogP) is 3.58. The fourth-order valence-corrected chi connectivity index (χ4v) is 3.63. The normalized spacial score (nSPS) is 11.2. The van der Waals surface area contributed by atoms with Crippen molar-refractivity contribution in [1.82, 2.24) is 25.4 Å². The lowest BCUT2D eigenvalue weighted by atomic mass is 10.2. The molecule has 0 fully saturated rings. The molecule has 0 radical (unpaired) electrons. The Kier molecular flexibility index (Phi) is 9.92. The number of carbonyl (C=O) groups excluding carboxylic acids is 1. The van der Waals surface area contributed by atoms with Crippen molar-refractivity contribution in [2.24, 2.45) is 4.99 Å². The first-order chi connectivity index (χ1) is 14.5. The molecule has 3 rings (SSSR count). The third kappa shape index (κ3) is 7.94. The summed E-state index contributed by atoms with van der Waals surface area (Å²) in [5.41, 5.74) is 2.90. The summed E-state index contributed by atoms with van der Waals surface area (Å²) in [6.45, 7) is 5.67. The van der Waals surface area contributed by atoms with E-state index >= 15 is 0 Å². The first-order valence-corrected chi connectivity index (χ1v) is 10.7. The molecule has 31 heavy (non-hydrogen) atoms. The zero-order valence-corrected chi connectivity index (χ0v) is 21.0. The number of nitrogens with one attached hydrogen (secondary N) is 3. The van der Waals surface area contributed by atoms with Gasteiger partial charge >= 0.3 is 0 Å². The number of benzene rings is 1. The quantitative estimate of drug-likeness (QED) is 0.225. The Morgan fingerprint density at radius 3 is 2.71 bits per heavy atom. The number of anilines is 1. The van der Waals surface area contributed by atoms with E-state index in [0.717, 1.165) is 22.0 Å². The molecular formula is C21H28IN7OS. The summed E-state index contributed by atoms with van der Waals surface area (Å²) in [5.74, 6) is 1.01. The summed E-state index contributed by atoms with van der Waals surface area (Å²) in [4.78, 5) is 21.0. The van der Waals surface area contributed by atoms with Gasteiger partial charge < -0.3 is 16.0 Å². The number of guanidine groups is 1. The number of nitrogens with zero attached hydrogens (tertiary/aromatic N) is 4. The summed E-state index contributed by atoms with van der Waals surface area (Å²) < 4.78 is 1.59. The number of amides is 1. The minimum atomic E-state index is -0.120. The predicted molar refractivity (Wildman–Crippen MR) is 136 cm³/mol. The van der Waals surface area contributed by atoms with E-state index < -0.39 is 0 Å². The van der Waals surface area contributed by atoms with E-state index in [1.54, 1.807) is 41.5 Å². The summed E-state index contributed by atoms with van der Waals surface area (Å²) >= 11 is 1.65. The van der Waals surface area contributed by atoms with Crippen molar-refractivity contribution in [3.8, 4) is 0 Å². The van der Waals surface area contributed by atoms with Crippen molar-refractivity contribution >= 4 is 52.9 Å². The molecule has 0 saturated heterocycles. The van der Waals surface area contributed by atoms with Gasteiger partial charge in [0.1, 0.15) is 11.6 Å². The molecule has 3 aromatic rings. The smallest absolute Gasteiger partial charge is 0.246 e. The molecule has 10 heteroatoms. The summed E-state index contributed by atoms with van der Waals surface area (Å²) in [7, 11) is 1.74. The van der Waals surface area contributed by atoms with Crippen LogP contribution in [0.3, 0.4) is 0 Å². The molecule has 0 unspecified atom stereocenters. The molecular weight excluding hydrogens is 525 g/mol. The van der Waals surface area contributed by atoms with Gasteiger partial charge in [-0.15, -0.1) is 35.3 Å². The first kappa shape index (κ1) is 24.8. The Hall–Kier alpha value is -2.47. The van der Waals surface area contributed by atoms with E-state index in [1.165, 1.54) is 0 Å². The van der Waals surface area contributed by atoms with Crippen molar-refractivity contribution in [1.29, 1.82) is 0 Å². The lowest BCUT2D eigenvalue weighted by Gasteiger charge is -2.12. The third-order valence-electron chi connectivity index (χ3n) is 4.33. The second kappa shape index (κ2) is 12.4. The number of hydrogen-bond donors (Lipinski definition) is 3. The van der Waals surface area contributed by atoms with Crippen LogP contribution in [0.5, 0.6) is 0 Å². The minimum absolute atomic E-state index is 0. The number of aromatic nitrogens is 3. The lowest BCUT2D eigenvalue weighted by molar-refractivity contribution is -0.116. The molecule has 0 bridgehead atoms. The highest BCUT2D eigenvalue weighted by Crippen LogP contribution is 2.17. The third-order valence-corrected chi connectivity index (χ3v) is 5.19. The van der Waals surface area contributed by atoms with Gasteiger partial charge in [-0.3, -0.25) is 14.5 Å². The average molecular weight is 553 g/mol. The van der Waals surface area contributed by atoms with Crippen molar-refractivity contribution < 1.29 is 4.79 Å². The number of aliphatic imine (C=N–C) groups is 1. The van der Waals surface area contributed by atoms with Crippen LogP contribution in [0.4, 0.5) is 5.69 Å². The van der Waals surface area contributed by atoms with Gasteiger partial charge in [-0.1, -0.05) is 26.0 Å². The molecule has 0 atom stereocenters. The second-order valence-electron chi connectivity index (χ2n) is 7.05. The highest BCUT2D eigenvalue weighted by atomic mass is 127. The Bertz CT molecular complexity index is 985. The van der Waals surface area contributed by atoms with Crippen molar-refractivity contribution in [2.45, 2.75) is 39.4 Å². The fourth-order valence-electron chi connectivity index (χ4n) is 2.74. The molecule has 8 nitrogen and oxygen atoms in total. The number of thiazole rings is 1. The van der Waals surface area contributed by atoms with E-state index in [1.807, 2.05) is 24.3 Å². The topological polar surface area (TPSA) is 96.2 Å². The first-order valence-electron chi connectivity index (χ1n) is 9.78. The molecule has 2 aromatic heterocycles. The average Bonchev–Trinajstić information content (AvgIpc) is 3.40. The van der Waals surface area contributed by atoms with Gasteiger partial charge in [-0.2, -0.15) is 5.10 Å². The monoisotopic (exact) mass is 553 g/mol. The maximum atomic E-state index is 12.1. The number of halogens is 1. The van der Waals surface area contributed by atoms with E-state index in [0.29, 0.717) is 25.0 Å². The van der Waals surface area contributed by atoms with Gasteiger partial charge in [0.05, 0.1) is 12.2 Å². The van der Waals surface area contributed by atoms with Crippen LogP contribution in [-0.2, 0) is 24.4 Å². The van der Waals surface area contributed by atoms with Crippen LogP contribution in [0.1, 0.15) is 36.0 Å². The standard InChI is InChI=1S/C21H27N7OS.HI/c1-15(2)18-14-30-20(27-18)12-24-21(22-3)23-11-16-6-4-7-17(10-16)26-19(29)13-28-9-5-8-25-28;/h4-10,14-15H,11-13H2,1-3H3,(H,26,29)(H2,22,23,24);1H. The van der Waals surface area contributed by atoms with E-state index in [4.69, 9.17) is 0 Å². The summed E-state index contributed by atoms with van der Waals surface area (Å²) in [6, 6.07) is 9.51. The summed E-state index contributed by atoms with van der Waals surface area (Å²) in [5, 5.41) is 16.7. The maximum absolute atomic E-state index is 12.1. The molecule has 0 aliphatic heterocycles. The Balaban J connectivity index is 0.00000341. The molecule has 166 valence electrons. The molecule has 0 saturated carbocycles. The summed E-state index contributed by atoms with van der Waals surface area (Å²) in [6.07, 6.45) is 3.41. The fraction of sp³-hybridized carbons (Fsp3) is 0.333. The molecule has 1 amide bonds. The molecule has 3 N–H and O–H groups in total. The Morgan fingerprint density at radius 2 is 2.03 bits per heavy atom. The Morgan fingerprint density at radius 1 is 1.23 bits per heavy atom. The van der Waals surface area contributed by atoms with Crippen molar-refractivity contribution in [3.63, 3.8) is 0 Å². The molecule has 2 heterocycles. The SMILES string of the molecule is CN=C(NCc1cccc(NC(=O)Cn2cccn2)c1)NCc1nc(C(C)C)cs1.I. The molecule has 0 aliphatic rings. The zero-order chi connectivity index (χ0) is 21.3. The molecule has 0 aliphatic carbocycles. The van der Waals surface area contributed by atoms with E-state index in [2.05, 4.69) is 50.3 Å². The van der Waals surface area contributed by atoms with Crippen LogP contribution >= 0.6 is 35.3 Å². The van der Waals surface area contributed by atoms with Gasteiger partial charge in [-0.05, 0) is 29.7 Å². The molecule has 1 aromatic carbocycles. The van der Waals surface area contributed by atoms with Crippen LogP contribution in [0, 0.1) is 0 Å². The Labute approximate surface area is 203 Å². The number of carbonyl (C=O) groups is 1. The van der Waals surface area contributed by atoms with Gasteiger partial charge in [0, 0.05) is 37.1 Å². The minimum Gasteiger partial charge on any atom is -0.352 e. The van der Waals surface area contributed by atoms with Crippen LogP contribution in [0.25, 0.3) is 0 Å². The van der Waals surface area contributed by atoms with E-state index in [9.17, 15) is 4.79 Å². The molecule has 0 spiro atoms. The number of hydrogen-bond acceptors (Lipinski definition) is 5. The van der Waals surface area contributed by atoms with Gasteiger partial charge in [0.25, 0.3) is 0 Å². The van der Waals surface area contributed by atoms with E-state index in [-0.39, 0.29) is 36.4 Å². The van der Waals surface area contributed by atoms with Gasteiger partial charge in [0.15, 0.2) is 5.96 Å². The van der Waals surface area contributed by atoms with Crippen LogP contribution in [0.15, 0.2) is 53.1 Å². The van der Waals surface area contributed by atoms with Crippen LogP contribution < -0.4 is 16.0 Å². The van der Waals surface area contributed by atoms with Gasteiger partial charge in [-0.25, -0.2) is 4.98 Å². The lowest BCUT2D eigenvalue weighted by Crippen LogP contribution is -2.36. The zero-order valence-electron chi connectivity index (χ0n) is 17.8. The largest absolute Gasteiger partial charge is 0.352 e.